The molecule has 0 amide bonds. The van der Waals surface area contributed by atoms with E-state index < -0.39 is 0 Å². The minimum atomic E-state index is 0.524. The molecule has 2 aromatic heterocycles. The van der Waals surface area contributed by atoms with Gasteiger partial charge < -0.3 is 10.1 Å². The Kier molecular flexibility index (Phi) is 3.50. The second kappa shape index (κ2) is 5.45. The zero-order chi connectivity index (χ0) is 13.9. The van der Waals surface area contributed by atoms with Crippen molar-refractivity contribution in [1.82, 2.24) is 15.0 Å². The van der Waals surface area contributed by atoms with Crippen molar-refractivity contribution in [2.24, 2.45) is 0 Å². The van der Waals surface area contributed by atoms with E-state index in [1.165, 1.54) is 12.8 Å². The van der Waals surface area contributed by atoms with Gasteiger partial charge in [-0.15, -0.1) is 0 Å². The van der Waals surface area contributed by atoms with Crippen LogP contribution in [-0.2, 0) is 0 Å². The largest absolute Gasteiger partial charge is 0.481 e. The summed E-state index contributed by atoms with van der Waals surface area (Å²) in [5, 5.41) is 3.27. The molecule has 0 radical (unpaired) electrons. The number of aromatic nitrogens is 3. The molecule has 20 heavy (non-hydrogen) atoms. The summed E-state index contributed by atoms with van der Waals surface area (Å²) in [4.78, 5) is 13.4. The molecule has 0 aliphatic heterocycles. The fraction of sp³-hybridized carbons (Fsp3) is 0.400. The van der Waals surface area contributed by atoms with Crippen LogP contribution in [0.25, 0.3) is 11.3 Å². The monoisotopic (exact) mass is 270 g/mol. The predicted octanol–water partition coefficient (Wildman–Crippen LogP) is 2.86. The molecule has 2 aromatic rings. The lowest BCUT2D eigenvalue weighted by atomic mass is 10.2. The Morgan fingerprint density at radius 1 is 1.30 bits per heavy atom. The molecule has 0 aromatic carbocycles. The van der Waals surface area contributed by atoms with Gasteiger partial charge in [-0.2, -0.15) is 0 Å². The van der Waals surface area contributed by atoms with Crippen molar-refractivity contribution in [3.05, 3.63) is 30.2 Å². The van der Waals surface area contributed by atoms with Crippen molar-refractivity contribution in [3.8, 4) is 17.1 Å². The van der Waals surface area contributed by atoms with Gasteiger partial charge in [0.15, 0.2) is 0 Å². The van der Waals surface area contributed by atoms with Gasteiger partial charge in [-0.25, -0.2) is 15.0 Å². The number of pyridine rings is 1. The molecule has 1 saturated carbocycles. The summed E-state index contributed by atoms with van der Waals surface area (Å²) in [6, 6.07) is 5.82. The standard InChI is InChI=1S/C15H18N4O/c1-3-16-13-9-12(18-15(19-13)10-4-5-10)11-6-7-17-14(8-11)20-2/h6-10H,3-5H2,1-2H3,(H,16,18,19). The zero-order valence-electron chi connectivity index (χ0n) is 11.8. The van der Waals surface area contributed by atoms with Crippen LogP contribution in [0.1, 0.15) is 31.5 Å². The van der Waals surface area contributed by atoms with Gasteiger partial charge in [-0.3, -0.25) is 0 Å². The van der Waals surface area contributed by atoms with Crippen molar-refractivity contribution >= 4 is 5.82 Å². The number of anilines is 1. The molecule has 0 spiro atoms. The summed E-state index contributed by atoms with van der Waals surface area (Å²) in [6.07, 6.45) is 4.11. The topological polar surface area (TPSA) is 59.9 Å². The van der Waals surface area contributed by atoms with E-state index in [1.807, 2.05) is 18.2 Å². The Morgan fingerprint density at radius 3 is 2.85 bits per heavy atom. The highest BCUT2D eigenvalue weighted by Gasteiger charge is 2.27. The van der Waals surface area contributed by atoms with Crippen LogP contribution < -0.4 is 10.1 Å². The number of nitrogens with zero attached hydrogens (tertiary/aromatic N) is 3. The average molecular weight is 270 g/mol. The fourth-order valence-electron chi connectivity index (χ4n) is 2.09. The lowest BCUT2D eigenvalue weighted by Crippen LogP contribution is -2.04. The van der Waals surface area contributed by atoms with Crippen molar-refractivity contribution in [2.45, 2.75) is 25.7 Å². The third-order valence-corrected chi connectivity index (χ3v) is 3.28. The van der Waals surface area contributed by atoms with Crippen LogP contribution in [0, 0.1) is 0 Å². The maximum atomic E-state index is 5.17. The molecule has 0 unspecified atom stereocenters. The summed E-state index contributed by atoms with van der Waals surface area (Å²) < 4.78 is 5.17. The zero-order valence-corrected chi connectivity index (χ0v) is 11.8. The Hall–Kier alpha value is -2.17. The first-order valence-electron chi connectivity index (χ1n) is 6.93. The maximum Gasteiger partial charge on any atom is 0.213 e. The Morgan fingerprint density at radius 2 is 2.15 bits per heavy atom. The van der Waals surface area contributed by atoms with Crippen molar-refractivity contribution in [1.29, 1.82) is 0 Å². The molecule has 5 nitrogen and oxygen atoms in total. The number of methoxy groups -OCH3 is 1. The molecule has 5 heteroatoms. The Bertz CT molecular complexity index is 611. The number of nitrogens with one attached hydrogen (secondary N) is 1. The minimum absolute atomic E-state index is 0.524. The number of hydrogen-bond acceptors (Lipinski definition) is 5. The highest BCUT2D eigenvalue weighted by Crippen LogP contribution is 2.39. The minimum Gasteiger partial charge on any atom is -0.481 e. The van der Waals surface area contributed by atoms with E-state index in [0.29, 0.717) is 11.8 Å². The van der Waals surface area contributed by atoms with E-state index in [-0.39, 0.29) is 0 Å². The quantitative estimate of drug-likeness (QED) is 0.905. The van der Waals surface area contributed by atoms with Crippen LogP contribution in [0.3, 0.4) is 0 Å². The van der Waals surface area contributed by atoms with Gasteiger partial charge in [0.2, 0.25) is 5.88 Å². The van der Waals surface area contributed by atoms with Crippen LogP contribution >= 0.6 is 0 Å². The van der Waals surface area contributed by atoms with Crippen molar-refractivity contribution in [2.75, 3.05) is 19.0 Å². The lowest BCUT2D eigenvalue weighted by molar-refractivity contribution is 0.398. The molecular formula is C15H18N4O. The summed E-state index contributed by atoms with van der Waals surface area (Å²) in [5.41, 5.74) is 1.92. The molecule has 104 valence electrons. The van der Waals surface area contributed by atoms with E-state index in [0.717, 1.165) is 29.4 Å². The first-order chi connectivity index (χ1) is 9.80. The number of ether oxygens (including phenoxy) is 1. The second-order valence-electron chi connectivity index (χ2n) is 4.89. The summed E-state index contributed by atoms with van der Waals surface area (Å²) in [5.74, 6) is 2.94. The SMILES string of the molecule is CCNc1cc(-c2ccnc(OC)c2)nc(C2CC2)n1. The smallest absolute Gasteiger partial charge is 0.213 e. The molecule has 1 N–H and O–H groups in total. The van der Waals surface area contributed by atoms with Crippen molar-refractivity contribution < 1.29 is 4.74 Å². The lowest BCUT2D eigenvalue weighted by Gasteiger charge is -2.09. The fourth-order valence-corrected chi connectivity index (χ4v) is 2.09. The molecule has 1 aliphatic rings. The average Bonchev–Trinajstić information content (AvgIpc) is 3.32. The van der Waals surface area contributed by atoms with Crippen LogP contribution in [0.4, 0.5) is 5.82 Å². The molecule has 3 rings (SSSR count). The van der Waals surface area contributed by atoms with Crippen LogP contribution in [0.15, 0.2) is 24.4 Å². The van der Waals surface area contributed by atoms with Crippen LogP contribution in [0.5, 0.6) is 5.88 Å². The van der Waals surface area contributed by atoms with Gasteiger partial charge in [0.05, 0.1) is 12.8 Å². The van der Waals surface area contributed by atoms with Crippen LogP contribution in [-0.4, -0.2) is 28.6 Å². The maximum absolute atomic E-state index is 5.17. The first kappa shape index (κ1) is 12.8. The number of rotatable bonds is 5. The third kappa shape index (κ3) is 2.71. The molecule has 1 aliphatic carbocycles. The highest BCUT2D eigenvalue weighted by atomic mass is 16.5. The summed E-state index contributed by atoms with van der Waals surface area (Å²) in [6.45, 7) is 2.91. The molecule has 0 atom stereocenters. The van der Waals surface area contributed by atoms with Gasteiger partial charge >= 0.3 is 0 Å². The van der Waals surface area contributed by atoms with Gasteiger partial charge in [0, 0.05) is 36.4 Å². The Labute approximate surface area is 118 Å². The molecule has 0 saturated heterocycles. The van der Waals surface area contributed by atoms with Gasteiger partial charge in [-0.05, 0) is 25.8 Å². The molecule has 0 bridgehead atoms. The van der Waals surface area contributed by atoms with Gasteiger partial charge in [0.25, 0.3) is 0 Å². The first-order valence-corrected chi connectivity index (χ1v) is 6.93. The highest BCUT2D eigenvalue weighted by molar-refractivity contribution is 5.63. The normalized spacial score (nSPS) is 14.1. The van der Waals surface area contributed by atoms with E-state index in [1.54, 1.807) is 13.3 Å². The van der Waals surface area contributed by atoms with E-state index >= 15 is 0 Å². The van der Waals surface area contributed by atoms with E-state index in [4.69, 9.17) is 4.74 Å². The molecule has 2 heterocycles. The van der Waals surface area contributed by atoms with Crippen molar-refractivity contribution in [3.63, 3.8) is 0 Å². The van der Waals surface area contributed by atoms with Gasteiger partial charge in [-0.1, -0.05) is 0 Å². The van der Waals surface area contributed by atoms with E-state index in [9.17, 15) is 0 Å². The third-order valence-electron chi connectivity index (χ3n) is 3.28. The molecule has 1 fully saturated rings. The number of hydrogen-bond donors (Lipinski definition) is 1. The summed E-state index contributed by atoms with van der Waals surface area (Å²) in [7, 11) is 1.62. The van der Waals surface area contributed by atoms with Crippen LogP contribution in [0.2, 0.25) is 0 Å². The second-order valence-corrected chi connectivity index (χ2v) is 4.89. The summed E-state index contributed by atoms with van der Waals surface area (Å²) >= 11 is 0. The van der Waals surface area contributed by atoms with E-state index in [2.05, 4.69) is 27.2 Å². The molecular weight excluding hydrogens is 252 g/mol. The Balaban J connectivity index is 2.01. The predicted molar refractivity (Wildman–Crippen MR) is 78.0 cm³/mol. The van der Waals surface area contributed by atoms with Gasteiger partial charge in [0.1, 0.15) is 11.6 Å².